The highest BCUT2D eigenvalue weighted by atomic mass is 16.5. The van der Waals surface area contributed by atoms with Crippen molar-refractivity contribution in [1.82, 2.24) is 0 Å². The van der Waals surface area contributed by atoms with Crippen LogP contribution in [-0.2, 0) is 11.2 Å². The molecule has 0 amide bonds. The Morgan fingerprint density at radius 3 is 3.07 bits per heavy atom. The molecule has 82 valence electrons. The quantitative estimate of drug-likeness (QED) is 0.767. The zero-order chi connectivity index (χ0) is 10.5. The maximum Gasteiger partial charge on any atom is 0.0827 e. The molecular weight excluding hydrogens is 188 g/mol. The van der Waals surface area contributed by atoms with Crippen molar-refractivity contribution in [3.05, 3.63) is 35.4 Å². The number of hydrogen-bond donors (Lipinski definition) is 1. The molecule has 0 bridgehead atoms. The van der Waals surface area contributed by atoms with Gasteiger partial charge in [-0.25, -0.2) is 0 Å². The number of benzene rings is 1. The first kappa shape index (κ1) is 10.7. The topological polar surface area (TPSA) is 29.5 Å². The molecule has 0 aliphatic heterocycles. The monoisotopic (exact) mass is 206 g/mol. The largest absolute Gasteiger partial charge is 0.396 e. The molecule has 2 heteroatoms. The first-order valence-corrected chi connectivity index (χ1v) is 5.72. The van der Waals surface area contributed by atoms with Gasteiger partial charge in [-0.2, -0.15) is 0 Å². The van der Waals surface area contributed by atoms with Gasteiger partial charge in [-0.1, -0.05) is 24.3 Å². The highest BCUT2D eigenvalue weighted by Crippen LogP contribution is 2.32. The van der Waals surface area contributed by atoms with E-state index in [-0.39, 0.29) is 12.7 Å². The highest BCUT2D eigenvalue weighted by Gasteiger charge is 2.19. The van der Waals surface area contributed by atoms with Crippen molar-refractivity contribution in [2.45, 2.75) is 31.8 Å². The van der Waals surface area contributed by atoms with Gasteiger partial charge in [0.1, 0.15) is 0 Å². The molecule has 0 saturated carbocycles. The molecule has 15 heavy (non-hydrogen) atoms. The third-order valence-electron chi connectivity index (χ3n) is 2.94. The molecule has 0 heterocycles. The molecule has 0 aromatic heterocycles. The van der Waals surface area contributed by atoms with Crippen LogP contribution in [0.5, 0.6) is 0 Å². The lowest BCUT2D eigenvalue weighted by atomic mass is 9.89. The predicted molar refractivity (Wildman–Crippen MR) is 59.8 cm³/mol. The summed E-state index contributed by atoms with van der Waals surface area (Å²) < 4.78 is 5.79. The summed E-state index contributed by atoms with van der Waals surface area (Å²) in [6.45, 7) is 0.879. The van der Waals surface area contributed by atoms with Crippen molar-refractivity contribution < 1.29 is 9.84 Å². The van der Waals surface area contributed by atoms with Crippen LogP contribution in [0.1, 0.15) is 36.5 Å². The van der Waals surface area contributed by atoms with Gasteiger partial charge in [0.05, 0.1) is 6.10 Å². The lowest BCUT2D eigenvalue weighted by Crippen LogP contribution is -2.13. The van der Waals surface area contributed by atoms with Crippen LogP contribution in [0.15, 0.2) is 24.3 Å². The molecule has 1 aromatic rings. The second-order valence-corrected chi connectivity index (χ2v) is 4.03. The summed E-state index contributed by atoms with van der Waals surface area (Å²) in [5.41, 5.74) is 2.78. The summed E-state index contributed by atoms with van der Waals surface area (Å²) >= 11 is 0. The third kappa shape index (κ3) is 2.58. The van der Waals surface area contributed by atoms with E-state index < -0.39 is 0 Å². The number of aliphatic hydroxyl groups excluding tert-OH is 1. The second kappa shape index (κ2) is 5.29. The summed E-state index contributed by atoms with van der Waals surface area (Å²) in [6, 6.07) is 8.52. The van der Waals surface area contributed by atoms with Crippen LogP contribution in [0.2, 0.25) is 0 Å². The van der Waals surface area contributed by atoms with Crippen LogP contribution in [0.3, 0.4) is 0 Å². The molecule has 2 nitrogen and oxygen atoms in total. The number of ether oxygens (including phenoxy) is 1. The average Bonchev–Trinajstić information content (AvgIpc) is 2.30. The van der Waals surface area contributed by atoms with E-state index in [0.717, 1.165) is 12.8 Å². The van der Waals surface area contributed by atoms with Crippen LogP contribution in [-0.4, -0.2) is 18.3 Å². The summed E-state index contributed by atoms with van der Waals surface area (Å²) in [6.07, 6.45) is 4.49. The van der Waals surface area contributed by atoms with Gasteiger partial charge in [0, 0.05) is 13.2 Å². The van der Waals surface area contributed by atoms with Gasteiger partial charge in [-0.15, -0.1) is 0 Å². The summed E-state index contributed by atoms with van der Waals surface area (Å²) in [5, 5.41) is 8.71. The van der Waals surface area contributed by atoms with Gasteiger partial charge in [0.15, 0.2) is 0 Å². The van der Waals surface area contributed by atoms with Crippen LogP contribution in [0, 0.1) is 0 Å². The number of rotatable bonds is 4. The number of hydrogen-bond acceptors (Lipinski definition) is 2. The third-order valence-corrected chi connectivity index (χ3v) is 2.94. The molecule has 1 aromatic carbocycles. The van der Waals surface area contributed by atoms with E-state index in [1.54, 1.807) is 0 Å². The lowest BCUT2D eigenvalue weighted by Gasteiger charge is -2.25. The fraction of sp³-hybridized carbons (Fsp3) is 0.538. The maximum absolute atomic E-state index is 8.71. The van der Waals surface area contributed by atoms with Gasteiger partial charge in [0.2, 0.25) is 0 Å². The molecule has 0 radical (unpaired) electrons. The Morgan fingerprint density at radius 2 is 2.20 bits per heavy atom. The fourth-order valence-corrected chi connectivity index (χ4v) is 2.17. The molecule has 1 aliphatic carbocycles. The number of aliphatic hydroxyl groups is 1. The molecule has 1 N–H and O–H groups in total. The zero-order valence-electron chi connectivity index (χ0n) is 8.98. The van der Waals surface area contributed by atoms with Crippen molar-refractivity contribution >= 4 is 0 Å². The van der Waals surface area contributed by atoms with Crippen LogP contribution < -0.4 is 0 Å². The molecule has 1 unspecified atom stereocenters. The smallest absolute Gasteiger partial charge is 0.0827 e. The summed E-state index contributed by atoms with van der Waals surface area (Å²) in [5.74, 6) is 0. The molecule has 2 rings (SSSR count). The van der Waals surface area contributed by atoms with Crippen LogP contribution >= 0.6 is 0 Å². The minimum Gasteiger partial charge on any atom is -0.396 e. The molecule has 0 spiro atoms. The Hall–Kier alpha value is -0.860. The lowest BCUT2D eigenvalue weighted by molar-refractivity contribution is 0.0325. The Balaban J connectivity index is 2.02. The van der Waals surface area contributed by atoms with Crippen molar-refractivity contribution in [2.24, 2.45) is 0 Å². The zero-order valence-corrected chi connectivity index (χ0v) is 8.98. The van der Waals surface area contributed by atoms with Crippen molar-refractivity contribution in [3.8, 4) is 0 Å². The van der Waals surface area contributed by atoms with Gasteiger partial charge in [-0.05, 0) is 36.8 Å². The van der Waals surface area contributed by atoms with Gasteiger partial charge >= 0.3 is 0 Å². The van der Waals surface area contributed by atoms with Gasteiger partial charge in [0.25, 0.3) is 0 Å². The summed E-state index contributed by atoms with van der Waals surface area (Å²) in [4.78, 5) is 0. The maximum atomic E-state index is 8.71. The van der Waals surface area contributed by atoms with E-state index in [0.29, 0.717) is 6.61 Å². The molecule has 0 fully saturated rings. The molecular formula is C13H18O2. The summed E-state index contributed by atoms with van der Waals surface area (Å²) in [7, 11) is 0. The standard InChI is InChI=1S/C13H18O2/c14-9-4-10-15-13-8-3-6-11-5-1-2-7-12(11)13/h1-2,5,7,13-14H,3-4,6,8-10H2. The van der Waals surface area contributed by atoms with E-state index in [1.807, 2.05) is 0 Å². The second-order valence-electron chi connectivity index (χ2n) is 4.03. The SMILES string of the molecule is OCCCOC1CCCc2ccccc21. The van der Waals surface area contributed by atoms with Crippen molar-refractivity contribution in [1.29, 1.82) is 0 Å². The van der Waals surface area contributed by atoms with Crippen molar-refractivity contribution in [3.63, 3.8) is 0 Å². The Bertz CT molecular complexity index is 309. The normalized spacial score (nSPS) is 19.9. The number of aryl methyl sites for hydroxylation is 1. The minimum absolute atomic E-state index is 0.217. The number of fused-ring (bicyclic) bond motifs is 1. The Morgan fingerprint density at radius 1 is 1.33 bits per heavy atom. The minimum atomic E-state index is 0.217. The molecule has 1 aliphatic rings. The Kier molecular flexibility index (Phi) is 3.75. The molecule has 1 atom stereocenters. The van der Waals surface area contributed by atoms with E-state index in [9.17, 15) is 0 Å². The predicted octanol–water partition coefficient (Wildman–Crippen LogP) is 2.46. The van der Waals surface area contributed by atoms with E-state index in [2.05, 4.69) is 24.3 Å². The van der Waals surface area contributed by atoms with Crippen molar-refractivity contribution in [2.75, 3.05) is 13.2 Å². The van der Waals surface area contributed by atoms with Crippen LogP contribution in [0.25, 0.3) is 0 Å². The average molecular weight is 206 g/mol. The Labute approximate surface area is 90.9 Å². The van der Waals surface area contributed by atoms with E-state index in [1.165, 1.54) is 24.0 Å². The first-order chi connectivity index (χ1) is 7.42. The van der Waals surface area contributed by atoms with Crippen LogP contribution in [0.4, 0.5) is 0 Å². The highest BCUT2D eigenvalue weighted by molar-refractivity contribution is 5.31. The molecule has 0 saturated heterocycles. The van der Waals surface area contributed by atoms with E-state index >= 15 is 0 Å². The fourth-order valence-electron chi connectivity index (χ4n) is 2.17. The van der Waals surface area contributed by atoms with Gasteiger partial charge in [-0.3, -0.25) is 0 Å². The first-order valence-electron chi connectivity index (χ1n) is 5.72. The van der Waals surface area contributed by atoms with Gasteiger partial charge < -0.3 is 9.84 Å². The van der Waals surface area contributed by atoms with E-state index in [4.69, 9.17) is 9.84 Å².